The molecule has 2 heterocycles. The molecule has 1 aliphatic rings. The van der Waals surface area contributed by atoms with Crippen molar-refractivity contribution in [2.45, 2.75) is 31.7 Å². The Morgan fingerprint density at radius 1 is 1.15 bits per heavy atom. The molecule has 178 valence electrons. The van der Waals surface area contributed by atoms with E-state index in [1.54, 1.807) is 12.1 Å². The number of aliphatic carboxylic acids is 1. The number of para-hydroxylation sites is 2. The van der Waals surface area contributed by atoms with E-state index in [2.05, 4.69) is 30.9 Å². The molecule has 2 aromatic carbocycles. The molecule has 1 aliphatic heterocycles. The zero-order valence-electron chi connectivity index (χ0n) is 18.7. The fourth-order valence-corrected chi connectivity index (χ4v) is 3.58. The zero-order chi connectivity index (χ0) is 23.8. The predicted molar refractivity (Wildman–Crippen MR) is 129 cm³/mol. The van der Waals surface area contributed by atoms with Gasteiger partial charge in [-0.25, -0.2) is 9.78 Å². The molecule has 10 heteroatoms. The number of carbonyl (C=O) groups excluding carboxylic acids is 1. The van der Waals surface area contributed by atoms with Crippen LogP contribution in [0.3, 0.4) is 0 Å². The van der Waals surface area contributed by atoms with Gasteiger partial charge in [0.05, 0.1) is 17.6 Å². The summed E-state index contributed by atoms with van der Waals surface area (Å²) in [6.45, 7) is 1.95. The van der Waals surface area contributed by atoms with Gasteiger partial charge in [0.15, 0.2) is 5.96 Å². The van der Waals surface area contributed by atoms with Crippen molar-refractivity contribution in [3.8, 4) is 5.75 Å². The first-order valence-corrected chi connectivity index (χ1v) is 11.3. The van der Waals surface area contributed by atoms with Gasteiger partial charge in [0.1, 0.15) is 11.8 Å². The molecule has 0 saturated heterocycles. The molecule has 0 unspecified atom stereocenters. The number of rotatable bonds is 10. The monoisotopic (exact) mass is 464 g/mol. The Hall–Kier alpha value is -4.08. The second kappa shape index (κ2) is 11.2. The van der Waals surface area contributed by atoms with Crippen LogP contribution in [0.5, 0.6) is 5.75 Å². The smallest absolute Gasteiger partial charge is 0.326 e. The summed E-state index contributed by atoms with van der Waals surface area (Å²) >= 11 is 0. The number of guanidine groups is 1. The minimum Gasteiger partial charge on any atom is -0.494 e. The van der Waals surface area contributed by atoms with Crippen LogP contribution in [0.4, 0.5) is 5.95 Å². The van der Waals surface area contributed by atoms with E-state index in [1.165, 1.54) is 0 Å². The first kappa shape index (κ1) is 23.1. The van der Waals surface area contributed by atoms with E-state index in [0.717, 1.165) is 36.1 Å². The molecule has 1 atom stereocenters. The van der Waals surface area contributed by atoms with Gasteiger partial charge in [-0.2, -0.15) is 0 Å². The molecule has 3 aromatic rings. The van der Waals surface area contributed by atoms with Crippen molar-refractivity contribution in [3.63, 3.8) is 0 Å². The number of hydrogen-bond donors (Lipinski definition) is 5. The lowest BCUT2D eigenvalue weighted by atomic mass is 10.1. The third kappa shape index (κ3) is 6.47. The third-order valence-corrected chi connectivity index (χ3v) is 5.33. The Morgan fingerprint density at radius 2 is 1.97 bits per heavy atom. The van der Waals surface area contributed by atoms with E-state index < -0.39 is 12.0 Å². The molecule has 5 N–H and O–H groups in total. The number of amides is 1. The van der Waals surface area contributed by atoms with Gasteiger partial charge in [0.25, 0.3) is 0 Å². The average Bonchev–Trinajstić information content (AvgIpc) is 3.25. The highest BCUT2D eigenvalue weighted by Crippen LogP contribution is 2.17. The van der Waals surface area contributed by atoms with Gasteiger partial charge in [0.2, 0.25) is 11.9 Å². The summed E-state index contributed by atoms with van der Waals surface area (Å²) in [5, 5.41) is 18.4. The van der Waals surface area contributed by atoms with Crippen molar-refractivity contribution < 1.29 is 19.4 Å². The van der Waals surface area contributed by atoms with Crippen LogP contribution in [0.1, 0.15) is 24.8 Å². The number of imidazole rings is 1. The predicted octanol–water partition coefficient (Wildman–Crippen LogP) is 2.30. The number of hydrogen-bond acceptors (Lipinski definition) is 7. The molecule has 0 spiro atoms. The van der Waals surface area contributed by atoms with Gasteiger partial charge in [-0.3, -0.25) is 15.1 Å². The van der Waals surface area contributed by atoms with Crippen LogP contribution in [-0.4, -0.2) is 58.6 Å². The van der Waals surface area contributed by atoms with Crippen LogP contribution in [0.15, 0.2) is 53.5 Å². The zero-order valence-corrected chi connectivity index (χ0v) is 18.7. The minimum atomic E-state index is -0.964. The Bertz CT molecular complexity index is 1120. The van der Waals surface area contributed by atoms with E-state index in [9.17, 15) is 14.7 Å². The lowest BCUT2D eigenvalue weighted by molar-refractivity contribution is -0.137. The number of aromatic nitrogens is 2. The first-order valence-electron chi connectivity index (χ1n) is 11.3. The highest BCUT2D eigenvalue weighted by atomic mass is 16.5. The molecule has 0 aliphatic carbocycles. The van der Waals surface area contributed by atoms with Crippen LogP contribution < -0.4 is 20.7 Å². The maximum absolute atomic E-state index is 12.0. The molecule has 0 bridgehead atoms. The summed E-state index contributed by atoms with van der Waals surface area (Å²) in [5.41, 5.74) is 2.46. The molecule has 10 nitrogen and oxygen atoms in total. The average molecular weight is 465 g/mol. The van der Waals surface area contributed by atoms with Crippen LogP contribution >= 0.6 is 0 Å². The number of anilines is 1. The van der Waals surface area contributed by atoms with Crippen LogP contribution in [0.2, 0.25) is 0 Å². The normalized spacial score (nSPS) is 14.1. The fourth-order valence-electron chi connectivity index (χ4n) is 3.58. The summed E-state index contributed by atoms with van der Waals surface area (Å²) in [6, 6.07) is 14.0. The number of carboxylic acid groups (broad SMARTS) is 1. The van der Waals surface area contributed by atoms with Crippen molar-refractivity contribution in [3.05, 3.63) is 54.1 Å². The van der Waals surface area contributed by atoms with E-state index >= 15 is 0 Å². The number of aliphatic imine (C=N–C) groups is 1. The molecule has 1 amide bonds. The molecule has 0 radical (unpaired) electrons. The number of carboxylic acids is 1. The summed E-state index contributed by atoms with van der Waals surface area (Å²) in [7, 11) is 0. The van der Waals surface area contributed by atoms with E-state index in [1.807, 2.05) is 36.4 Å². The maximum Gasteiger partial charge on any atom is 0.326 e. The topological polar surface area (TPSA) is 141 Å². The molecule has 1 aromatic heterocycles. The van der Waals surface area contributed by atoms with E-state index in [4.69, 9.17) is 4.74 Å². The van der Waals surface area contributed by atoms with Crippen molar-refractivity contribution >= 4 is 34.8 Å². The number of aromatic amines is 1. The molecular weight excluding hydrogens is 436 g/mol. The Balaban J connectivity index is 1.23. The van der Waals surface area contributed by atoms with Crippen LogP contribution in [-0.2, 0) is 16.0 Å². The van der Waals surface area contributed by atoms with Gasteiger partial charge in [-0.05, 0) is 42.7 Å². The number of H-pyrrole nitrogens is 1. The number of benzene rings is 2. The number of nitrogens with zero attached hydrogens (tertiary/aromatic N) is 2. The molecule has 4 rings (SSSR count). The third-order valence-electron chi connectivity index (χ3n) is 5.33. The largest absolute Gasteiger partial charge is 0.494 e. The SMILES string of the molecule is O=C(CCCOc1ccc(C[C@H](Nc2nc3ccccc3[nH]2)C(=O)O)cc1)NC1=NCCCN1. The second-order valence-electron chi connectivity index (χ2n) is 8.00. The van der Waals surface area contributed by atoms with Gasteiger partial charge in [-0.1, -0.05) is 24.3 Å². The number of nitrogens with one attached hydrogen (secondary N) is 4. The van der Waals surface area contributed by atoms with Gasteiger partial charge >= 0.3 is 5.97 Å². The van der Waals surface area contributed by atoms with Gasteiger partial charge in [-0.15, -0.1) is 0 Å². The van der Waals surface area contributed by atoms with E-state index in [-0.39, 0.29) is 12.3 Å². The summed E-state index contributed by atoms with van der Waals surface area (Å²) in [4.78, 5) is 35.4. The summed E-state index contributed by atoms with van der Waals surface area (Å²) < 4.78 is 5.71. The lowest BCUT2D eigenvalue weighted by Crippen LogP contribution is -2.43. The Kier molecular flexibility index (Phi) is 7.59. The maximum atomic E-state index is 12.0. The molecule has 34 heavy (non-hydrogen) atoms. The highest BCUT2D eigenvalue weighted by molar-refractivity contribution is 5.97. The molecule has 0 fully saturated rings. The lowest BCUT2D eigenvalue weighted by Gasteiger charge is -2.15. The van der Waals surface area contributed by atoms with Gasteiger partial charge in [0, 0.05) is 25.9 Å². The quantitative estimate of drug-likeness (QED) is 0.290. The van der Waals surface area contributed by atoms with Crippen molar-refractivity contribution in [2.75, 3.05) is 25.0 Å². The van der Waals surface area contributed by atoms with Crippen LogP contribution in [0, 0.1) is 0 Å². The minimum absolute atomic E-state index is 0.0937. The van der Waals surface area contributed by atoms with Crippen molar-refractivity contribution in [2.24, 2.45) is 4.99 Å². The Labute approximate surface area is 196 Å². The standard InChI is InChI=1S/C24H28N6O4/c31-21(30-23-25-12-4-13-26-23)7-3-14-34-17-10-8-16(9-11-17)15-20(22(32)33)29-24-27-18-5-1-2-6-19(18)28-24/h1-2,5-6,8-11,20H,3-4,7,12-15H2,(H,32,33)(H2,27,28,29)(H2,25,26,30,31)/t20-/m0/s1. The first-order chi connectivity index (χ1) is 16.6. The number of carbonyl (C=O) groups is 2. The number of ether oxygens (including phenoxy) is 1. The summed E-state index contributed by atoms with van der Waals surface area (Å²) in [5.74, 6) is 0.572. The molecule has 0 saturated carbocycles. The van der Waals surface area contributed by atoms with Crippen LogP contribution in [0.25, 0.3) is 11.0 Å². The van der Waals surface area contributed by atoms with Gasteiger partial charge < -0.3 is 25.5 Å². The second-order valence-corrected chi connectivity index (χ2v) is 8.00. The molecular formula is C24H28N6O4. The van der Waals surface area contributed by atoms with Crippen molar-refractivity contribution in [1.82, 2.24) is 20.6 Å². The highest BCUT2D eigenvalue weighted by Gasteiger charge is 2.19. The van der Waals surface area contributed by atoms with Crippen molar-refractivity contribution in [1.29, 1.82) is 0 Å². The summed E-state index contributed by atoms with van der Waals surface area (Å²) in [6.07, 6.45) is 2.17. The number of fused-ring (bicyclic) bond motifs is 1. The Morgan fingerprint density at radius 3 is 2.71 bits per heavy atom. The fraction of sp³-hybridized carbons (Fsp3) is 0.333. The van der Waals surface area contributed by atoms with E-state index in [0.29, 0.717) is 37.1 Å².